The Kier molecular flexibility index (Phi) is 2.70. The Hall–Kier alpha value is -1.63. The van der Waals surface area contributed by atoms with Crippen molar-refractivity contribution in [1.82, 2.24) is 0 Å². The van der Waals surface area contributed by atoms with Crippen LogP contribution in [-0.2, 0) is 6.61 Å². The number of hydrogen-bond donors (Lipinski definition) is 1. The largest absolute Gasteiger partial charge is 0.391 e. The van der Waals surface area contributed by atoms with E-state index in [4.69, 9.17) is 5.11 Å². The van der Waals surface area contributed by atoms with Crippen molar-refractivity contribution in [2.75, 3.05) is 0 Å². The molecule has 4 nitrogen and oxygen atoms in total. The predicted molar refractivity (Wildman–Crippen MR) is 38.9 cm³/mol. The summed E-state index contributed by atoms with van der Waals surface area (Å²) in [5, 5.41) is 18.6. The van der Waals surface area contributed by atoms with Crippen molar-refractivity contribution < 1.29 is 23.2 Å². The van der Waals surface area contributed by atoms with Gasteiger partial charge in [0.25, 0.3) is 0 Å². The quantitative estimate of drug-likeness (QED) is 0.590. The highest BCUT2D eigenvalue weighted by Crippen LogP contribution is 2.26. The first-order valence-corrected chi connectivity index (χ1v) is 3.40. The summed E-state index contributed by atoms with van der Waals surface area (Å²) >= 11 is 0. The van der Waals surface area contributed by atoms with Crippen LogP contribution in [0.25, 0.3) is 0 Å². The van der Waals surface area contributed by atoms with Gasteiger partial charge in [0.1, 0.15) is 5.82 Å². The molecule has 1 N–H and O–H groups in total. The molecule has 0 aliphatic heterocycles. The molecule has 0 amide bonds. The maximum Gasteiger partial charge on any atom is 0.340 e. The lowest BCUT2D eigenvalue weighted by atomic mass is 10.1. The number of aliphatic hydroxyl groups is 1. The number of nitrogens with zero attached hydrogens (tertiary/aromatic N) is 1. The van der Waals surface area contributed by atoms with Crippen molar-refractivity contribution in [3.63, 3.8) is 0 Å². The highest BCUT2D eigenvalue weighted by Gasteiger charge is 2.26. The van der Waals surface area contributed by atoms with Crippen LogP contribution in [0.3, 0.4) is 0 Å². The SMILES string of the molecule is O=[N+]([O-])c1c(F)cc(F)c(CO)c1F. The zero-order valence-corrected chi connectivity index (χ0v) is 6.63. The molecule has 76 valence electrons. The summed E-state index contributed by atoms with van der Waals surface area (Å²) in [7, 11) is 0. The van der Waals surface area contributed by atoms with Crippen LogP contribution in [0, 0.1) is 27.6 Å². The van der Waals surface area contributed by atoms with E-state index in [1.807, 2.05) is 0 Å². The van der Waals surface area contributed by atoms with Gasteiger partial charge in [0.05, 0.1) is 17.1 Å². The minimum Gasteiger partial charge on any atom is -0.391 e. The predicted octanol–water partition coefficient (Wildman–Crippen LogP) is 1.50. The lowest BCUT2D eigenvalue weighted by Crippen LogP contribution is -2.04. The normalized spacial score (nSPS) is 10.3. The summed E-state index contributed by atoms with van der Waals surface area (Å²) in [5.41, 5.74) is -2.38. The second kappa shape index (κ2) is 3.62. The maximum absolute atomic E-state index is 13.0. The molecular weight excluding hydrogens is 203 g/mol. The Balaban J connectivity index is 3.52. The third kappa shape index (κ3) is 1.53. The van der Waals surface area contributed by atoms with Crippen molar-refractivity contribution >= 4 is 5.69 Å². The molecule has 0 aliphatic carbocycles. The Labute approximate surface area is 75.7 Å². The van der Waals surface area contributed by atoms with Crippen LogP contribution in [0.5, 0.6) is 0 Å². The van der Waals surface area contributed by atoms with Gasteiger partial charge in [-0.1, -0.05) is 0 Å². The van der Waals surface area contributed by atoms with Crippen LogP contribution in [-0.4, -0.2) is 10.0 Å². The molecule has 0 bridgehead atoms. The number of rotatable bonds is 2. The molecule has 0 atom stereocenters. The fraction of sp³-hybridized carbons (Fsp3) is 0.143. The third-order valence-corrected chi connectivity index (χ3v) is 1.58. The van der Waals surface area contributed by atoms with Gasteiger partial charge in [-0.25, -0.2) is 4.39 Å². The van der Waals surface area contributed by atoms with Gasteiger partial charge >= 0.3 is 5.69 Å². The van der Waals surface area contributed by atoms with Crippen molar-refractivity contribution in [3.8, 4) is 0 Å². The van der Waals surface area contributed by atoms with Crippen LogP contribution in [0.1, 0.15) is 5.56 Å². The molecule has 0 aromatic heterocycles. The molecule has 1 aromatic carbocycles. The summed E-state index contributed by atoms with van der Waals surface area (Å²) < 4.78 is 38.3. The molecule has 0 spiro atoms. The summed E-state index contributed by atoms with van der Waals surface area (Å²) in [6, 6.07) is 0.159. The van der Waals surface area contributed by atoms with Gasteiger partial charge < -0.3 is 5.11 Å². The standard InChI is InChI=1S/C7H4F3NO3/c8-4-1-5(9)7(11(13)14)6(10)3(4)2-12/h1,12H,2H2. The average Bonchev–Trinajstić information content (AvgIpc) is 2.02. The van der Waals surface area contributed by atoms with E-state index < -0.39 is 40.2 Å². The summed E-state index contributed by atoms with van der Waals surface area (Å²) in [6.45, 7) is -1.07. The second-order valence-electron chi connectivity index (χ2n) is 2.40. The molecule has 0 saturated heterocycles. The van der Waals surface area contributed by atoms with E-state index in [9.17, 15) is 23.3 Å². The highest BCUT2D eigenvalue weighted by atomic mass is 19.1. The van der Waals surface area contributed by atoms with Crippen LogP contribution < -0.4 is 0 Å². The molecule has 1 aromatic rings. The lowest BCUT2D eigenvalue weighted by molar-refractivity contribution is -0.390. The molecular formula is C7H4F3NO3. The summed E-state index contributed by atoms with van der Waals surface area (Å²) in [5.74, 6) is -4.65. The van der Waals surface area contributed by atoms with Crippen molar-refractivity contribution in [2.24, 2.45) is 0 Å². The third-order valence-electron chi connectivity index (χ3n) is 1.58. The molecule has 0 aliphatic rings. The van der Waals surface area contributed by atoms with Crippen LogP contribution in [0.2, 0.25) is 0 Å². The second-order valence-corrected chi connectivity index (χ2v) is 2.40. The molecule has 0 fully saturated rings. The Morgan fingerprint density at radius 3 is 2.36 bits per heavy atom. The van der Waals surface area contributed by atoms with Gasteiger partial charge in [0.15, 0.2) is 0 Å². The molecule has 0 saturated carbocycles. The molecule has 0 unspecified atom stereocenters. The van der Waals surface area contributed by atoms with Crippen molar-refractivity contribution in [1.29, 1.82) is 0 Å². The highest BCUT2D eigenvalue weighted by molar-refractivity contribution is 5.39. The number of aliphatic hydroxyl groups excluding tert-OH is 1. The van der Waals surface area contributed by atoms with Crippen molar-refractivity contribution in [2.45, 2.75) is 6.61 Å². The molecule has 1 rings (SSSR count). The van der Waals surface area contributed by atoms with Crippen LogP contribution in [0.4, 0.5) is 18.9 Å². The van der Waals surface area contributed by atoms with E-state index >= 15 is 0 Å². The van der Waals surface area contributed by atoms with E-state index in [1.54, 1.807) is 0 Å². The first-order valence-electron chi connectivity index (χ1n) is 3.40. The van der Waals surface area contributed by atoms with Crippen LogP contribution in [0.15, 0.2) is 6.07 Å². The van der Waals surface area contributed by atoms with Crippen molar-refractivity contribution in [3.05, 3.63) is 39.2 Å². The number of hydrogen-bond acceptors (Lipinski definition) is 3. The number of halogens is 3. The van der Waals surface area contributed by atoms with Gasteiger partial charge in [-0.05, 0) is 0 Å². The van der Waals surface area contributed by atoms with E-state index in [2.05, 4.69) is 0 Å². The Morgan fingerprint density at radius 2 is 1.93 bits per heavy atom. The Bertz CT molecular complexity index is 394. The fourth-order valence-corrected chi connectivity index (χ4v) is 0.932. The number of nitro groups is 1. The molecule has 7 heteroatoms. The number of nitro benzene ring substituents is 1. The van der Waals surface area contributed by atoms with Gasteiger partial charge in [-0.3, -0.25) is 10.1 Å². The summed E-state index contributed by atoms with van der Waals surface area (Å²) in [6.07, 6.45) is 0. The smallest absolute Gasteiger partial charge is 0.340 e. The molecule has 0 heterocycles. The first kappa shape index (κ1) is 10.5. The van der Waals surface area contributed by atoms with Gasteiger partial charge in [-0.2, -0.15) is 8.78 Å². The zero-order valence-electron chi connectivity index (χ0n) is 6.63. The average molecular weight is 207 g/mol. The zero-order chi connectivity index (χ0) is 10.9. The minimum absolute atomic E-state index is 0.159. The van der Waals surface area contributed by atoms with E-state index in [0.29, 0.717) is 0 Å². The monoisotopic (exact) mass is 207 g/mol. The topological polar surface area (TPSA) is 63.4 Å². The first-order chi connectivity index (χ1) is 6.49. The Morgan fingerprint density at radius 1 is 1.36 bits per heavy atom. The van der Waals surface area contributed by atoms with E-state index in [0.717, 1.165) is 0 Å². The van der Waals surface area contributed by atoms with Gasteiger partial charge in [0, 0.05) is 6.07 Å². The maximum atomic E-state index is 13.0. The fourth-order valence-electron chi connectivity index (χ4n) is 0.932. The number of benzene rings is 1. The van der Waals surface area contributed by atoms with Gasteiger partial charge in [0.2, 0.25) is 11.6 Å². The van der Waals surface area contributed by atoms with Crippen LogP contribution >= 0.6 is 0 Å². The van der Waals surface area contributed by atoms with Gasteiger partial charge in [-0.15, -0.1) is 0 Å². The lowest BCUT2D eigenvalue weighted by Gasteiger charge is -2.02. The summed E-state index contributed by atoms with van der Waals surface area (Å²) in [4.78, 5) is 8.83. The van der Waals surface area contributed by atoms with E-state index in [1.165, 1.54) is 0 Å². The molecule has 14 heavy (non-hydrogen) atoms. The van der Waals surface area contributed by atoms with E-state index in [-0.39, 0.29) is 6.07 Å². The molecule has 0 radical (unpaired) electrons. The minimum atomic E-state index is -1.69.